The Balaban J connectivity index is 2.63. The molecule has 0 fully saturated rings. The van der Waals surface area contributed by atoms with Gasteiger partial charge >= 0.3 is 5.97 Å². The van der Waals surface area contributed by atoms with Crippen molar-refractivity contribution in [3.8, 4) is 0 Å². The first-order valence-corrected chi connectivity index (χ1v) is 4.58. The lowest BCUT2D eigenvalue weighted by Gasteiger charge is -2.21. The number of rotatable bonds is 4. The van der Waals surface area contributed by atoms with E-state index in [1.165, 1.54) is 0 Å². The summed E-state index contributed by atoms with van der Waals surface area (Å²) in [6.07, 6.45) is 4.63. The van der Waals surface area contributed by atoms with Crippen LogP contribution >= 0.6 is 0 Å². The van der Waals surface area contributed by atoms with Crippen molar-refractivity contribution in [1.82, 2.24) is 9.78 Å². The Morgan fingerprint density at radius 3 is 2.71 bits per heavy atom. The predicted octanol–water partition coefficient (Wildman–Crippen LogP) is 1.46. The molecule has 0 amide bonds. The molecule has 78 valence electrons. The summed E-state index contributed by atoms with van der Waals surface area (Å²) >= 11 is 0. The van der Waals surface area contributed by atoms with Crippen molar-refractivity contribution in [3.05, 3.63) is 18.0 Å². The zero-order valence-corrected chi connectivity index (χ0v) is 8.82. The topological polar surface area (TPSA) is 55.1 Å². The number of nitrogens with zero attached hydrogens (tertiary/aromatic N) is 2. The van der Waals surface area contributed by atoms with Crippen molar-refractivity contribution in [2.45, 2.75) is 26.7 Å². The van der Waals surface area contributed by atoms with Crippen LogP contribution in [0.5, 0.6) is 0 Å². The Bertz CT molecular complexity index is 329. The monoisotopic (exact) mass is 196 g/mol. The van der Waals surface area contributed by atoms with E-state index in [4.69, 9.17) is 5.11 Å². The number of carboxylic acid groups (broad SMARTS) is 1. The second-order valence-corrected chi connectivity index (χ2v) is 4.43. The summed E-state index contributed by atoms with van der Waals surface area (Å²) in [4.78, 5) is 10.6. The molecule has 1 aromatic heterocycles. The first kappa shape index (κ1) is 10.8. The summed E-state index contributed by atoms with van der Waals surface area (Å²) in [5, 5.41) is 12.8. The number of carbonyl (C=O) groups is 1. The first-order valence-electron chi connectivity index (χ1n) is 4.58. The minimum absolute atomic E-state index is 0.182. The molecule has 14 heavy (non-hydrogen) atoms. The van der Waals surface area contributed by atoms with E-state index in [1.807, 2.05) is 27.1 Å². The van der Waals surface area contributed by atoms with Gasteiger partial charge in [-0.25, -0.2) is 0 Å². The fourth-order valence-corrected chi connectivity index (χ4v) is 1.59. The number of carboxylic acids is 1. The van der Waals surface area contributed by atoms with Gasteiger partial charge in [-0.1, -0.05) is 13.8 Å². The Hall–Kier alpha value is -1.32. The molecule has 1 aromatic rings. The van der Waals surface area contributed by atoms with Crippen LogP contribution in [0.15, 0.2) is 12.4 Å². The quantitative estimate of drug-likeness (QED) is 0.793. The summed E-state index contributed by atoms with van der Waals surface area (Å²) in [6, 6.07) is 0. The molecule has 1 rings (SSSR count). The van der Waals surface area contributed by atoms with Crippen LogP contribution in [0.1, 0.15) is 25.8 Å². The molecule has 0 aliphatic carbocycles. The van der Waals surface area contributed by atoms with Crippen molar-refractivity contribution in [3.63, 3.8) is 0 Å². The summed E-state index contributed by atoms with van der Waals surface area (Å²) < 4.78 is 1.73. The van der Waals surface area contributed by atoms with Crippen LogP contribution < -0.4 is 0 Å². The summed E-state index contributed by atoms with van der Waals surface area (Å²) in [5.41, 5.74) is 0.869. The Morgan fingerprint density at radius 1 is 1.64 bits per heavy atom. The molecule has 0 aromatic carbocycles. The van der Waals surface area contributed by atoms with Crippen molar-refractivity contribution in [2.75, 3.05) is 0 Å². The van der Waals surface area contributed by atoms with Crippen LogP contribution in [0.3, 0.4) is 0 Å². The molecule has 1 N–H and O–H groups in total. The minimum Gasteiger partial charge on any atom is -0.481 e. The lowest BCUT2D eigenvalue weighted by atomic mass is 9.83. The molecule has 0 spiro atoms. The van der Waals surface area contributed by atoms with Gasteiger partial charge < -0.3 is 5.11 Å². The highest BCUT2D eigenvalue weighted by Crippen LogP contribution is 2.25. The van der Waals surface area contributed by atoms with Crippen molar-refractivity contribution < 1.29 is 9.90 Å². The highest BCUT2D eigenvalue weighted by molar-refractivity contribution is 5.67. The van der Waals surface area contributed by atoms with Gasteiger partial charge in [0, 0.05) is 13.2 Å². The van der Waals surface area contributed by atoms with Crippen LogP contribution in [-0.4, -0.2) is 20.9 Å². The first-order chi connectivity index (χ1) is 6.39. The van der Waals surface area contributed by atoms with Crippen molar-refractivity contribution >= 4 is 5.97 Å². The molecular weight excluding hydrogens is 180 g/mol. The summed E-state index contributed by atoms with van der Waals surface area (Å²) in [5.74, 6) is -0.751. The number of aryl methyl sites for hydroxylation is 1. The van der Waals surface area contributed by atoms with Gasteiger partial charge in [0.1, 0.15) is 0 Å². The van der Waals surface area contributed by atoms with Gasteiger partial charge in [0.2, 0.25) is 0 Å². The van der Waals surface area contributed by atoms with Crippen LogP contribution in [0.2, 0.25) is 0 Å². The van der Waals surface area contributed by atoms with E-state index in [1.54, 1.807) is 10.9 Å². The van der Waals surface area contributed by atoms with Gasteiger partial charge in [0.05, 0.1) is 12.6 Å². The van der Waals surface area contributed by atoms with Crippen molar-refractivity contribution in [2.24, 2.45) is 12.5 Å². The SMILES string of the molecule is Cn1cc(CC(C)(C)CC(=O)O)cn1. The lowest BCUT2D eigenvalue weighted by Crippen LogP contribution is -2.19. The molecule has 1 heterocycles. The van der Waals surface area contributed by atoms with E-state index in [9.17, 15) is 4.79 Å². The molecule has 0 atom stereocenters. The molecule has 0 bridgehead atoms. The maximum Gasteiger partial charge on any atom is 0.303 e. The van der Waals surface area contributed by atoms with Gasteiger partial charge in [-0.15, -0.1) is 0 Å². The van der Waals surface area contributed by atoms with E-state index in [0.717, 1.165) is 12.0 Å². The van der Waals surface area contributed by atoms with Gasteiger partial charge in [-0.2, -0.15) is 5.10 Å². The number of hydrogen-bond donors (Lipinski definition) is 1. The number of hydrogen-bond acceptors (Lipinski definition) is 2. The molecule has 0 aliphatic rings. The van der Waals surface area contributed by atoms with Gasteiger partial charge in [0.25, 0.3) is 0 Å². The predicted molar refractivity (Wildman–Crippen MR) is 52.9 cm³/mol. The zero-order valence-electron chi connectivity index (χ0n) is 8.82. The van der Waals surface area contributed by atoms with Crippen LogP contribution in [-0.2, 0) is 18.3 Å². The average Bonchev–Trinajstić information content (AvgIpc) is 2.30. The van der Waals surface area contributed by atoms with Gasteiger partial charge in [-0.3, -0.25) is 9.48 Å². The third-order valence-electron chi connectivity index (χ3n) is 2.07. The molecule has 0 saturated heterocycles. The highest BCUT2D eigenvalue weighted by atomic mass is 16.4. The lowest BCUT2D eigenvalue weighted by molar-refractivity contribution is -0.139. The maximum absolute atomic E-state index is 10.6. The fourth-order valence-electron chi connectivity index (χ4n) is 1.59. The summed E-state index contributed by atoms with van der Waals surface area (Å²) in [6.45, 7) is 3.90. The Kier molecular flexibility index (Phi) is 2.93. The van der Waals surface area contributed by atoms with Crippen LogP contribution in [0, 0.1) is 5.41 Å². The highest BCUT2D eigenvalue weighted by Gasteiger charge is 2.22. The van der Waals surface area contributed by atoms with E-state index in [-0.39, 0.29) is 11.8 Å². The summed E-state index contributed by atoms with van der Waals surface area (Å²) in [7, 11) is 1.85. The molecule has 0 unspecified atom stereocenters. The molecular formula is C10H16N2O2. The van der Waals surface area contributed by atoms with E-state index in [0.29, 0.717) is 0 Å². The van der Waals surface area contributed by atoms with E-state index >= 15 is 0 Å². The average molecular weight is 196 g/mol. The minimum atomic E-state index is -0.751. The third-order valence-corrected chi connectivity index (χ3v) is 2.07. The second kappa shape index (κ2) is 3.82. The van der Waals surface area contributed by atoms with Gasteiger partial charge in [0.15, 0.2) is 0 Å². The number of aromatic nitrogens is 2. The van der Waals surface area contributed by atoms with Crippen LogP contribution in [0.4, 0.5) is 0 Å². The zero-order chi connectivity index (χ0) is 10.8. The maximum atomic E-state index is 10.6. The van der Waals surface area contributed by atoms with Crippen LogP contribution in [0.25, 0.3) is 0 Å². The normalized spacial score (nSPS) is 11.6. The largest absolute Gasteiger partial charge is 0.481 e. The third kappa shape index (κ3) is 3.20. The van der Waals surface area contributed by atoms with Crippen molar-refractivity contribution in [1.29, 1.82) is 0 Å². The molecule has 4 nitrogen and oxygen atoms in total. The molecule has 4 heteroatoms. The molecule has 0 radical (unpaired) electrons. The standard InChI is InChI=1S/C10H16N2O2/c1-10(2,5-9(13)14)4-8-6-11-12(3)7-8/h6-7H,4-5H2,1-3H3,(H,13,14). The second-order valence-electron chi connectivity index (χ2n) is 4.43. The Morgan fingerprint density at radius 2 is 2.29 bits per heavy atom. The van der Waals surface area contributed by atoms with E-state index in [2.05, 4.69) is 5.10 Å². The molecule has 0 saturated carbocycles. The smallest absolute Gasteiger partial charge is 0.303 e. The molecule has 0 aliphatic heterocycles. The van der Waals surface area contributed by atoms with E-state index < -0.39 is 5.97 Å². The number of aliphatic carboxylic acids is 1. The fraction of sp³-hybridized carbons (Fsp3) is 0.600. The Labute approximate surface area is 83.5 Å². The van der Waals surface area contributed by atoms with Gasteiger partial charge in [-0.05, 0) is 17.4 Å².